The van der Waals surface area contributed by atoms with E-state index in [4.69, 9.17) is 9.47 Å². The zero-order valence-corrected chi connectivity index (χ0v) is 15.6. The van der Waals surface area contributed by atoms with Gasteiger partial charge < -0.3 is 24.4 Å². The number of aliphatic hydroxyl groups is 1. The lowest BCUT2D eigenvalue weighted by Gasteiger charge is -2.51. The zero-order chi connectivity index (χ0) is 18.3. The highest BCUT2D eigenvalue weighted by atomic mass is 16.6. The summed E-state index contributed by atoms with van der Waals surface area (Å²) in [6.07, 6.45) is 0.680. The maximum absolute atomic E-state index is 12.3. The minimum atomic E-state index is -1.09. The molecule has 24 heavy (non-hydrogen) atoms. The van der Waals surface area contributed by atoms with Crippen LogP contribution in [0.3, 0.4) is 0 Å². The summed E-state index contributed by atoms with van der Waals surface area (Å²) in [6, 6.07) is -0.328. The molecule has 2 fully saturated rings. The maximum Gasteiger partial charge on any atom is 0.410 e. The minimum Gasteiger partial charge on any atom is -0.444 e. The van der Waals surface area contributed by atoms with E-state index in [-0.39, 0.29) is 19.1 Å². The molecule has 0 saturated carbocycles. The van der Waals surface area contributed by atoms with Crippen molar-refractivity contribution < 1.29 is 24.2 Å². The van der Waals surface area contributed by atoms with E-state index in [1.165, 1.54) is 4.90 Å². The van der Waals surface area contributed by atoms with Crippen LogP contribution in [0, 0.1) is 0 Å². The number of carbonyl (C=O) groups excluding carboxylic acids is 2. The fraction of sp³-hybridized carbons (Fsp3) is 0.882. The molecular weight excluding hydrogens is 312 g/mol. The Morgan fingerprint density at radius 2 is 1.50 bits per heavy atom. The van der Waals surface area contributed by atoms with E-state index in [2.05, 4.69) is 0 Å². The fourth-order valence-electron chi connectivity index (χ4n) is 3.15. The van der Waals surface area contributed by atoms with Crippen molar-refractivity contribution in [2.24, 2.45) is 0 Å². The standard InChI is InChI=1S/C17H30N2O5/c1-15(2,3)23-13(20)18-10-17(22,11-18)12-8-7-9-19(12)14(21)24-16(4,5)6/h12,22H,7-11H2,1-6H3. The van der Waals surface area contributed by atoms with Gasteiger partial charge in [-0.3, -0.25) is 0 Å². The van der Waals surface area contributed by atoms with Gasteiger partial charge in [0, 0.05) is 6.54 Å². The van der Waals surface area contributed by atoms with E-state index in [0.717, 1.165) is 6.42 Å². The number of nitrogens with zero attached hydrogens (tertiary/aromatic N) is 2. The first-order valence-corrected chi connectivity index (χ1v) is 8.51. The number of ether oxygens (including phenoxy) is 2. The van der Waals surface area contributed by atoms with Crippen LogP contribution in [0.1, 0.15) is 54.4 Å². The SMILES string of the molecule is CC(C)(C)OC(=O)N1CC(O)(C2CCCN2C(=O)OC(C)(C)C)C1. The predicted octanol–water partition coefficient (Wildman–Crippen LogP) is 2.37. The molecule has 7 heteroatoms. The van der Waals surface area contributed by atoms with E-state index >= 15 is 0 Å². The van der Waals surface area contributed by atoms with E-state index in [1.807, 2.05) is 20.8 Å². The Morgan fingerprint density at radius 1 is 1.00 bits per heavy atom. The van der Waals surface area contributed by atoms with Crippen LogP contribution in [-0.4, -0.2) is 69.6 Å². The van der Waals surface area contributed by atoms with Crippen molar-refractivity contribution in [1.82, 2.24) is 9.80 Å². The number of hydrogen-bond donors (Lipinski definition) is 1. The predicted molar refractivity (Wildman–Crippen MR) is 88.7 cm³/mol. The summed E-state index contributed by atoms with van der Waals surface area (Å²) in [6.45, 7) is 11.8. The fourth-order valence-corrected chi connectivity index (χ4v) is 3.15. The molecule has 1 N–H and O–H groups in total. The number of rotatable bonds is 1. The van der Waals surface area contributed by atoms with Crippen LogP contribution in [0.25, 0.3) is 0 Å². The third-order valence-electron chi connectivity index (χ3n) is 4.08. The first kappa shape index (κ1) is 18.8. The molecule has 0 radical (unpaired) electrons. The number of carbonyl (C=O) groups is 2. The number of β-amino-alcohol motifs (C(OH)–C–C–N with tert-alkyl or cyclic N) is 1. The number of likely N-dealkylation sites (tertiary alicyclic amines) is 2. The van der Waals surface area contributed by atoms with Crippen molar-refractivity contribution in [3.63, 3.8) is 0 Å². The van der Waals surface area contributed by atoms with Gasteiger partial charge in [-0.1, -0.05) is 0 Å². The van der Waals surface area contributed by atoms with E-state index in [0.29, 0.717) is 13.0 Å². The molecule has 138 valence electrons. The van der Waals surface area contributed by atoms with Crippen LogP contribution >= 0.6 is 0 Å². The Kier molecular flexibility index (Phi) is 4.78. The Morgan fingerprint density at radius 3 is 2.00 bits per heavy atom. The molecule has 7 nitrogen and oxygen atoms in total. The Hall–Kier alpha value is -1.50. The smallest absolute Gasteiger partial charge is 0.410 e. The van der Waals surface area contributed by atoms with Crippen molar-refractivity contribution in [1.29, 1.82) is 0 Å². The molecule has 0 aromatic carbocycles. The number of amides is 2. The van der Waals surface area contributed by atoms with Gasteiger partial charge in [0.1, 0.15) is 16.8 Å². The summed E-state index contributed by atoms with van der Waals surface area (Å²) in [7, 11) is 0. The molecule has 2 rings (SSSR count). The van der Waals surface area contributed by atoms with Crippen molar-refractivity contribution in [2.75, 3.05) is 19.6 Å². The van der Waals surface area contributed by atoms with Crippen LogP contribution in [-0.2, 0) is 9.47 Å². The molecule has 2 aliphatic heterocycles. The molecule has 0 spiro atoms. The molecular formula is C17H30N2O5. The van der Waals surface area contributed by atoms with Gasteiger partial charge in [-0.25, -0.2) is 9.59 Å². The molecule has 1 unspecified atom stereocenters. The van der Waals surface area contributed by atoms with Crippen LogP contribution in [0.2, 0.25) is 0 Å². The lowest BCUT2D eigenvalue weighted by Crippen LogP contribution is -2.71. The van der Waals surface area contributed by atoms with Gasteiger partial charge in [0.25, 0.3) is 0 Å². The average molecular weight is 342 g/mol. The Labute approximate surface area is 143 Å². The molecule has 2 heterocycles. The van der Waals surface area contributed by atoms with Crippen LogP contribution in [0.15, 0.2) is 0 Å². The van der Waals surface area contributed by atoms with Crippen molar-refractivity contribution in [2.45, 2.75) is 77.2 Å². The van der Waals surface area contributed by atoms with Gasteiger partial charge >= 0.3 is 12.2 Å². The van der Waals surface area contributed by atoms with E-state index in [9.17, 15) is 14.7 Å². The van der Waals surface area contributed by atoms with Crippen LogP contribution in [0.5, 0.6) is 0 Å². The van der Waals surface area contributed by atoms with E-state index < -0.39 is 29.0 Å². The molecule has 0 aromatic heterocycles. The first-order valence-electron chi connectivity index (χ1n) is 8.51. The summed E-state index contributed by atoms with van der Waals surface area (Å²) in [4.78, 5) is 27.4. The minimum absolute atomic E-state index is 0.172. The average Bonchev–Trinajstić information content (AvgIpc) is 2.79. The third-order valence-corrected chi connectivity index (χ3v) is 4.08. The number of hydrogen-bond acceptors (Lipinski definition) is 5. The molecule has 2 amide bonds. The van der Waals surface area contributed by atoms with Crippen molar-refractivity contribution in [3.05, 3.63) is 0 Å². The largest absolute Gasteiger partial charge is 0.444 e. The molecule has 2 aliphatic rings. The lowest BCUT2D eigenvalue weighted by atomic mass is 9.85. The summed E-state index contributed by atoms with van der Waals surface area (Å²) >= 11 is 0. The highest BCUT2D eigenvalue weighted by Crippen LogP contribution is 2.35. The van der Waals surface area contributed by atoms with Gasteiger partial charge in [0.2, 0.25) is 0 Å². The van der Waals surface area contributed by atoms with Crippen LogP contribution in [0.4, 0.5) is 9.59 Å². The second kappa shape index (κ2) is 6.10. The molecule has 0 bridgehead atoms. The first-order chi connectivity index (χ1) is 10.8. The quantitative estimate of drug-likeness (QED) is 0.791. The summed E-state index contributed by atoms with van der Waals surface area (Å²) in [5.41, 5.74) is -2.24. The molecule has 0 aromatic rings. The topological polar surface area (TPSA) is 79.3 Å². The Balaban J connectivity index is 1.96. The third kappa shape index (κ3) is 4.32. The lowest BCUT2D eigenvalue weighted by molar-refractivity contribution is -0.133. The zero-order valence-electron chi connectivity index (χ0n) is 15.6. The second-order valence-corrected chi connectivity index (χ2v) is 8.77. The monoisotopic (exact) mass is 342 g/mol. The second-order valence-electron chi connectivity index (χ2n) is 8.77. The molecule has 1 atom stereocenters. The van der Waals surface area contributed by atoms with Gasteiger partial charge in [-0.2, -0.15) is 0 Å². The Bertz CT molecular complexity index is 500. The highest BCUT2D eigenvalue weighted by molar-refractivity contribution is 5.71. The summed E-state index contributed by atoms with van der Waals surface area (Å²) in [5.74, 6) is 0. The normalized spacial score (nSPS) is 23.7. The van der Waals surface area contributed by atoms with Gasteiger partial charge in [-0.15, -0.1) is 0 Å². The summed E-state index contributed by atoms with van der Waals surface area (Å²) < 4.78 is 10.7. The maximum atomic E-state index is 12.3. The van der Waals surface area contributed by atoms with Gasteiger partial charge in [0.05, 0.1) is 19.1 Å². The highest BCUT2D eigenvalue weighted by Gasteiger charge is 2.54. The molecule has 0 aliphatic carbocycles. The van der Waals surface area contributed by atoms with Gasteiger partial charge in [-0.05, 0) is 54.4 Å². The van der Waals surface area contributed by atoms with E-state index in [1.54, 1.807) is 25.7 Å². The van der Waals surface area contributed by atoms with Crippen molar-refractivity contribution >= 4 is 12.2 Å². The summed E-state index contributed by atoms with van der Waals surface area (Å²) in [5, 5.41) is 10.8. The van der Waals surface area contributed by atoms with Crippen molar-refractivity contribution in [3.8, 4) is 0 Å². The van der Waals surface area contributed by atoms with Gasteiger partial charge in [0.15, 0.2) is 0 Å². The van der Waals surface area contributed by atoms with Crippen LogP contribution < -0.4 is 0 Å². The molecule has 2 saturated heterocycles.